The van der Waals surface area contributed by atoms with Gasteiger partial charge in [0.25, 0.3) is 0 Å². The van der Waals surface area contributed by atoms with Gasteiger partial charge in [-0.15, -0.1) is 0 Å². The molecule has 0 saturated carbocycles. The SMILES string of the molecule is Cc1cccc(C(CCCCCCCC(=O)O)C(=O)O)c1C. The van der Waals surface area contributed by atoms with Crippen molar-refractivity contribution in [3.63, 3.8) is 0 Å². The Balaban J connectivity index is 2.44. The van der Waals surface area contributed by atoms with Crippen LogP contribution < -0.4 is 0 Å². The maximum atomic E-state index is 11.5. The summed E-state index contributed by atoms with van der Waals surface area (Å²) in [4.78, 5) is 21.9. The van der Waals surface area contributed by atoms with Gasteiger partial charge in [-0.25, -0.2) is 0 Å². The van der Waals surface area contributed by atoms with Crippen LogP contribution in [0.2, 0.25) is 0 Å². The molecule has 0 aliphatic heterocycles. The third-order valence-corrected chi connectivity index (χ3v) is 4.20. The largest absolute Gasteiger partial charge is 0.481 e. The Bertz CT molecular complexity index is 508. The molecule has 0 saturated heterocycles. The Hall–Kier alpha value is -1.84. The number of unbranched alkanes of at least 4 members (excludes halogenated alkanes) is 4. The van der Waals surface area contributed by atoms with Gasteiger partial charge in [-0.1, -0.05) is 43.9 Å². The molecule has 0 amide bonds. The molecule has 0 aliphatic rings. The second-order valence-electron chi connectivity index (χ2n) is 5.88. The van der Waals surface area contributed by atoms with E-state index < -0.39 is 17.9 Å². The molecule has 1 rings (SSSR count). The Morgan fingerprint density at radius 1 is 1.00 bits per heavy atom. The molecule has 1 aromatic carbocycles. The average molecular weight is 306 g/mol. The van der Waals surface area contributed by atoms with Crippen molar-refractivity contribution in [3.05, 3.63) is 34.9 Å². The van der Waals surface area contributed by atoms with Gasteiger partial charge in [0.15, 0.2) is 0 Å². The number of carboxylic acid groups (broad SMARTS) is 2. The first kappa shape index (κ1) is 18.2. The number of carboxylic acids is 2. The lowest BCUT2D eigenvalue weighted by Gasteiger charge is -2.16. The van der Waals surface area contributed by atoms with Gasteiger partial charge >= 0.3 is 11.9 Å². The van der Waals surface area contributed by atoms with E-state index in [9.17, 15) is 14.7 Å². The highest BCUT2D eigenvalue weighted by atomic mass is 16.4. The highest BCUT2D eigenvalue weighted by Gasteiger charge is 2.21. The van der Waals surface area contributed by atoms with Crippen molar-refractivity contribution in [1.82, 2.24) is 0 Å². The molecule has 0 radical (unpaired) electrons. The van der Waals surface area contributed by atoms with Crippen LogP contribution in [0.25, 0.3) is 0 Å². The molecular formula is C18H26O4. The summed E-state index contributed by atoms with van der Waals surface area (Å²) >= 11 is 0. The molecule has 0 aliphatic carbocycles. The van der Waals surface area contributed by atoms with E-state index in [0.717, 1.165) is 42.4 Å². The lowest BCUT2D eigenvalue weighted by atomic mass is 9.88. The van der Waals surface area contributed by atoms with Gasteiger partial charge in [-0.3, -0.25) is 9.59 Å². The molecular weight excluding hydrogens is 280 g/mol. The van der Waals surface area contributed by atoms with Crippen molar-refractivity contribution < 1.29 is 19.8 Å². The minimum absolute atomic E-state index is 0.222. The van der Waals surface area contributed by atoms with E-state index in [1.165, 1.54) is 0 Å². The normalized spacial score (nSPS) is 12.1. The zero-order chi connectivity index (χ0) is 16.5. The third kappa shape index (κ3) is 5.88. The van der Waals surface area contributed by atoms with E-state index in [4.69, 9.17) is 5.11 Å². The van der Waals surface area contributed by atoms with Crippen LogP contribution in [0.4, 0.5) is 0 Å². The van der Waals surface area contributed by atoms with Crippen molar-refractivity contribution in [2.45, 2.75) is 64.7 Å². The number of hydrogen-bond donors (Lipinski definition) is 2. The van der Waals surface area contributed by atoms with Crippen LogP contribution in [0, 0.1) is 13.8 Å². The summed E-state index contributed by atoms with van der Waals surface area (Å²) in [7, 11) is 0. The lowest BCUT2D eigenvalue weighted by Crippen LogP contribution is -2.13. The quantitative estimate of drug-likeness (QED) is 0.632. The molecule has 0 fully saturated rings. The van der Waals surface area contributed by atoms with Crippen LogP contribution in [0.1, 0.15) is 67.6 Å². The zero-order valence-electron chi connectivity index (χ0n) is 13.5. The fourth-order valence-corrected chi connectivity index (χ4v) is 2.72. The zero-order valence-corrected chi connectivity index (χ0v) is 13.5. The fraction of sp³-hybridized carbons (Fsp3) is 0.556. The number of rotatable bonds is 10. The Morgan fingerprint density at radius 3 is 2.27 bits per heavy atom. The fourth-order valence-electron chi connectivity index (χ4n) is 2.72. The highest BCUT2D eigenvalue weighted by molar-refractivity contribution is 5.76. The Kier molecular flexibility index (Phi) is 7.64. The van der Waals surface area contributed by atoms with Gasteiger partial charge in [-0.05, 0) is 43.4 Å². The smallest absolute Gasteiger partial charge is 0.310 e. The van der Waals surface area contributed by atoms with E-state index in [2.05, 4.69) is 0 Å². The number of aryl methyl sites for hydroxylation is 1. The summed E-state index contributed by atoms with van der Waals surface area (Å²) in [6.45, 7) is 3.98. The summed E-state index contributed by atoms with van der Waals surface area (Å²) in [6.07, 6.45) is 5.24. The van der Waals surface area contributed by atoms with Crippen molar-refractivity contribution in [2.75, 3.05) is 0 Å². The second-order valence-corrected chi connectivity index (χ2v) is 5.88. The van der Waals surface area contributed by atoms with Crippen LogP contribution in [0.5, 0.6) is 0 Å². The van der Waals surface area contributed by atoms with Gasteiger partial charge in [0.1, 0.15) is 0 Å². The van der Waals surface area contributed by atoms with E-state index in [1.807, 2.05) is 32.0 Å². The summed E-state index contributed by atoms with van der Waals surface area (Å²) < 4.78 is 0. The number of aliphatic carboxylic acids is 2. The van der Waals surface area contributed by atoms with Crippen molar-refractivity contribution in [2.24, 2.45) is 0 Å². The molecule has 1 atom stereocenters. The molecule has 4 nitrogen and oxygen atoms in total. The van der Waals surface area contributed by atoms with Crippen molar-refractivity contribution >= 4 is 11.9 Å². The minimum Gasteiger partial charge on any atom is -0.481 e. The van der Waals surface area contributed by atoms with E-state index in [1.54, 1.807) is 0 Å². The highest BCUT2D eigenvalue weighted by Crippen LogP contribution is 2.27. The topological polar surface area (TPSA) is 74.6 Å². The molecule has 2 N–H and O–H groups in total. The van der Waals surface area contributed by atoms with Crippen LogP contribution in [0.3, 0.4) is 0 Å². The predicted octanol–water partition coefficient (Wildman–Crippen LogP) is 4.29. The molecule has 0 spiro atoms. The Labute approximate surface area is 132 Å². The summed E-state index contributed by atoms with van der Waals surface area (Å²) in [5.74, 6) is -1.96. The number of hydrogen-bond acceptors (Lipinski definition) is 2. The molecule has 0 heterocycles. The van der Waals surface area contributed by atoms with E-state index >= 15 is 0 Å². The molecule has 22 heavy (non-hydrogen) atoms. The van der Waals surface area contributed by atoms with Crippen molar-refractivity contribution in [3.8, 4) is 0 Å². The monoisotopic (exact) mass is 306 g/mol. The molecule has 122 valence electrons. The number of carbonyl (C=O) groups is 2. The van der Waals surface area contributed by atoms with Crippen molar-refractivity contribution in [1.29, 1.82) is 0 Å². The summed E-state index contributed by atoms with van der Waals surface area (Å²) in [5.41, 5.74) is 3.10. The molecule has 1 unspecified atom stereocenters. The minimum atomic E-state index is -0.764. The van der Waals surface area contributed by atoms with E-state index in [0.29, 0.717) is 12.8 Å². The van der Waals surface area contributed by atoms with Gasteiger partial charge in [-0.2, -0.15) is 0 Å². The van der Waals surface area contributed by atoms with Gasteiger partial charge < -0.3 is 10.2 Å². The average Bonchev–Trinajstić information content (AvgIpc) is 2.45. The molecule has 0 bridgehead atoms. The van der Waals surface area contributed by atoms with Gasteiger partial charge in [0, 0.05) is 6.42 Å². The standard InChI is InChI=1S/C18H26O4/c1-13-9-8-11-15(14(13)2)16(18(21)22)10-6-4-3-5-7-12-17(19)20/h8-9,11,16H,3-7,10,12H2,1-2H3,(H,19,20)(H,21,22). The summed E-state index contributed by atoms with van der Waals surface area (Å²) in [5, 5.41) is 18.0. The molecule has 0 aromatic heterocycles. The Morgan fingerprint density at radius 2 is 1.64 bits per heavy atom. The maximum absolute atomic E-state index is 11.5. The van der Waals surface area contributed by atoms with E-state index in [-0.39, 0.29) is 6.42 Å². The van der Waals surface area contributed by atoms with Crippen LogP contribution in [-0.2, 0) is 9.59 Å². The number of benzene rings is 1. The van der Waals surface area contributed by atoms with Crippen LogP contribution in [-0.4, -0.2) is 22.2 Å². The lowest BCUT2D eigenvalue weighted by molar-refractivity contribution is -0.139. The second kappa shape index (κ2) is 9.23. The van der Waals surface area contributed by atoms with Gasteiger partial charge in [0.05, 0.1) is 5.92 Å². The van der Waals surface area contributed by atoms with Crippen LogP contribution in [0.15, 0.2) is 18.2 Å². The predicted molar refractivity (Wildman–Crippen MR) is 86.2 cm³/mol. The van der Waals surface area contributed by atoms with Gasteiger partial charge in [0.2, 0.25) is 0 Å². The first-order valence-electron chi connectivity index (χ1n) is 7.94. The molecule has 4 heteroatoms. The first-order valence-corrected chi connectivity index (χ1v) is 7.94. The third-order valence-electron chi connectivity index (χ3n) is 4.20. The summed E-state index contributed by atoms with van der Waals surface area (Å²) in [6, 6.07) is 5.83. The molecule has 1 aromatic rings. The van der Waals surface area contributed by atoms with Crippen LogP contribution >= 0.6 is 0 Å². The first-order chi connectivity index (χ1) is 10.4. The maximum Gasteiger partial charge on any atom is 0.310 e.